The fourth-order valence-corrected chi connectivity index (χ4v) is 6.27. The second-order valence-corrected chi connectivity index (χ2v) is 10.8. The van der Waals surface area contributed by atoms with E-state index in [1.807, 2.05) is 6.07 Å². The van der Waals surface area contributed by atoms with E-state index in [1.165, 1.54) is 36.8 Å². The number of rotatable bonds is 6. The molecule has 2 N–H and O–H groups in total. The van der Waals surface area contributed by atoms with Crippen LogP contribution in [0.2, 0.25) is 0 Å². The van der Waals surface area contributed by atoms with Crippen molar-refractivity contribution in [3.05, 3.63) is 42.4 Å². The Hall–Kier alpha value is -4.10. The molecule has 12 nitrogen and oxygen atoms in total. The van der Waals surface area contributed by atoms with E-state index in [1.54, 1.807) is 6.92 Å². The molecule has 2 heterocycles. The van der Waals surface area contributed by atoms with E-state index in [-0.39, 0.29) is 46.6 Å². The van der Waals surface area contributed by atoms with Crippen LogP contribution in [0.15, 0.2) is 41.7 Å². The Morgan fingerprint density at radius 2 is 1.89 bits per heavy atom. The van der Waals surface area contributed by atoms with Gasteiger partial charge in [0.05, 0.1) is 46.2 Å². The average molecular weight is 534 g/mol. The van der Waals surface area contributed by atoms with Gasteiger partial charge in [-0.25, -0.2) is 23.2 Å². The molecule has 2 aromatic heterocycles. The summed E-state index contributed by atoms with van der Waals surface area (Å²) in [6, 6.07) is 5.82. The third kappa shape index (κ3) is 3.86. The normalized spacial score (nSPS) is 22.6. The molecule has 3 fully saturated rings. The Morgan fingerprint density at radius 1 is 1.24 bits per heavy atom. The Labute approximate surface area is 207 Å². The summed E-state index contributed by atoms with van der Waals surface area (Å²) < 4.78 is 66.3. The van der Waals surface area contributed by atoms with Crippen molar-refractivity contribution in [1.29, 1.82) is 5.26 Å². The van der Waals surface area contributed by atoms with E-state index >= 15 is 0 Å². The van der Waals surface area contributed by atoms with Crippen LogP contribution in [0.3, 0.4) is 0 Å². The number of carbonyl (C=O) groups excluding carboxylic acids is 1. The minimum Gasteiger partial charge on any atom is -0.380 e. The number of alkyl halides is 3. The maximum atomic E-state index is 13.6. The van der Waals surface area contributed by atoms with Crippen molar-refractivity contribution in [2.24, 2.45) is 5.41 Å². The van der Waals surface area contributed by atoms with Gasteiger partial charge in [0, 0.05) is 5.56 Å². The summed E-state index contributed by atoms with van der Waals surface area (Å²) >= 11 is 0. The monoisotopic (exact) mass is 534 g/mol. The predicted octanol–water partition coefficient (Wildman–Crippen LogP) is 2.07. The largest absolute Gasteiger partial charge is 0.492 e. The number of hydrogen-bond acceptors (Lipinski definition) is 10. The molecule has 3 aliphatic carbocycles. The number of benzene rings is 1. The lowest BCUT2D eigenvalue weighted by molar-refractivity contribution is -0.282. The van der Waals surface area contributed by atoms with Gasteiger partial charge < -0.3 is 10.6 Å². The number of aryl methyl sites for hydroxylation is 1. The van der Waals surface area contributed by atoms with Gasteiger partial charge in [-0.15, -0.1) is 4.80 Å². The number of nitrogen functional groups attached to an aromatic ring is 1. The van der Waals surface area contributed by atoms with E-state index in [0.717, 1.165) is 4.80 Å². The molecule has 0 aliphatic heterocycles. The molecule has 2 bridgehead atoms. The molecule has 6 rings (SSSR count). The van der Waals surface area contributed by atoms with E-state index in [4.69, 9.17) is 5.73 Å². The van der Waals surface area contributed by atoms with E-state index < -0.39 is 38.0 Å². The molecule has 192 valence electrons. The third-order valence-electron chi connectivity index (χ3n) is 6.41. The maximum Gasteiger partial charge on any atom is 0.492 e. The number of anilines is 1. The van der Waals surface area contributed by atoms with Crippen molar-refractivity contribution in [3.8, 4) is 23.1 Å². The number of hydroxylamine groups is 1. The number of nitrogens with two attached hydrogens (primary N) is 1. The third-order valence-corrected chi connectivity index (χ3v) is 8.16. The lowest BCUT2D eigenvalue weighted by Crippen LogP contribution is -2.75. The SMILES string of the molecule is Cc1ccc(S(=O)(=O)N(OC(=O)C(F)(F)F)C23CC(C#N)(C2)C3)cc1-c1cnc(N)c(-n2nccn2)n1. The predicted molar refractivity (Wildman–Crippen MR) is 117 cm³/mol. The molecule has 3 aromatic rings. The first kappa shape index (κ1) is 24.6. The topological polar surface area (TPSA) is 170 Å². The number of carbonyl (C=O) groups is 1. The summed E-state index contributed by atoms with van der Waals surface area (Å²) in [5, 5.41) is 17.2. The molecule has 0 unspecified atom stereocenters. The molecule has 0 amide bonds. The standard InChI is InChI=1S/C21H17F3N8O4S/c1-12-2-3-13(6-14(12)15-7-27-16(26)17(30-15)31-28-4-5-29-31)37(34,35)32(36-18(33)21(22,23)24)20-8-19(9-20,10-20)11-25/h2-7H,8-10H2,1H3,(H2,26,27). The summed E-state index contributed by atoms with van der Waals surface area (Å²) in [5.74, 6) is -2.60. The number of hydrogen-bond donors (Lipinski definition) is 1. The van der Waals surface area contributed by atoms with Crippen molar-refractivity contribution in [2.75, 3.05) is 5.73 Å². The van der Waals surface area contributed by atoms with Crippen LogP contribution in [-0.2, 0) is 19.7 Å². The highest BCUT2D eigenvalue weighted by atomic mass is 32.2. The van der Waals surface area contributed by atoms with E-state index in [9.17, 15) is 31.6 Å². The zero-order chi connectivity index (χ0) is 26.8. The van der Waals surface area contributed by atoms with Crippen LogP contribution < -0.4 is 5.73 Å². The summed E-state index contributed by atoms with van der Waals surface area (Å²) in [7, 11) is -4.80. The Balaban J connectivity index is 1.56. The summed E-state index contributed by atoms with van der Waals surface area (Å²) in [5.41, 5.74) is 4.62. The number of nitrogens with zero attached hydrogens (tertiary/aromatic N) is 7. The zero-order valence-corrected chi connectivity index (χ0v) is 19.8. The second-order valence-electron chi connectivity index (χ2n) is 9.01. The maximum absolute atomic E-state index is 13.6. The molecule has 1 aromatic carbocycles. The van der Waals surface area contributed by atoms with Gasteiger partial charge in [0.25, 0.3) is 10.0 Å². The number of sulfonamides is 1. The summed E-state index contributed by atoms with van der Waals surface area (Å²) in [6.07, 6.45) is -1.51. The summed E-state index contributed by atoms with van der Waals surface area (Å²) in [6.45, 7) is 1.66. The number of aromatic nitrogens is 5. The van der Waals surface area contributed by atoms with Crippen LogP contribution in [0.25, 0.3) is 17.1 Å². The minimum absolute atomic E-state index is 0.00154. The highest BCUT2D eigenvalue weighted by Gasteiger charge is 2.75. The van der Waals surface area contributed by atoms with Crippen LogP contribution >= 0.6 is 0 Å². The van der Waals surface area contributed by atoms with Gasteiger partial charge >= 0.3 is 12.1 Å². The molecule has 3 aliphatic rings. The molecular formula is C21H17F3N8O4S. The first-order valence-electron chi connectivity index (χ1n) is 10.7. The van der Waals surface area contributed by atoms with Gasteiger partial charge in [0.2, 0.25) is 5.82 Å². The van der Waals surface area contributed by atoms with Crippen LogP contribution in [0.5, 0.6) is 0 Å². The van der Waals surface area contributed by atoms with Crippen LogP contribution in [0, 0.1) is 23.7 Å². The van der Waals surface area contributed by atoms with Crippen molar-refractivity contribution < 1.29 is 31.2 Å². The molecule has 0 saturated heterocycles. The smallest absolute Gasteiger partial charge is 0.380 e. The second kappa shape index (κ2) is 7.95. The highest BCUT2D eigenvalue weighted by molar-refractivity contribution is 7.89. The van der Waals surface area contributed by atoms with E-state index in [0.29, 0.717) is 5.56 Å². The van der Waals surface area contributed by atoms with Crippen molar-refractivity contribution in [3.63, 3.8) is 0 Å². The molecule has 16 heteroatoms. The molecule has 0 atom stereocenters. The zero-order valence-electron chi connectivity index (χ0n) is 19.0. The van der Waals surface area contributed by atoms with Gasteiger partial charge in [-0.05, 0) is 48.4 Å². The van der Waals surface area contributed by atoms with Gasteiger partial charge in [0.1, 0.15) is 0 Å². The first-order valence-corrected chi connectivity index (χ1v) is 12.1. The minimum atomic E-state index is -5.43. The lowest BCUT2D eigenvalue weighted by Gasteiger charge is -2.68. The quantitative estimate of drug-likeness (QED) is 0.462. The Bertz CT molecular complexity index is 1550. The first-order chi connectivity index (χ1) is 17.3. The van der Waals surface area contributed by atoms with Crippen LogP contribution in [0.4, 0.5) is 19.0 Å². The van der Waals surface area contributed by atoms with Gasteiger partial charge in [-0.3, -0.25) is 0 Å². The highest BCUT2D eigenvalue weighted by Crippen LogP contribution is 2.70. The van der Waals surface area contributed by atoms with Crippen molar-refractivity contribution >= 4 is 21.8 Å². The Kier molecular flexibility index (Phi) is 5.28. The van der Waals surface area contributed by atoms with Crippen LogP contribution in [0.1, 0.15) is 24.8 Å². The number of halogens is 3. The number of nitriles is 1. The van der Waals surface area contributed by atoms with Crippen LogP contribution in [-0.4, -0.2) is 55.5 Å². The van der Waals surface area contributed by atoms with Gasteiger partial charge in [-0.1, -0.05) is 6.07 Å². The Morgan fingerprint density at radius 3 is 2.49 bits per heavy atom. The molecular weight excluding hydrogens is 517 g/mol. The molecule has 37 heavy (non-hydrogen) atoms. The molecule has 0 spiro atoms. The lowest BCUT2D eigenvalue weighted by atomic mass is 9.40. The van der Waals surface area contributed by atoms with Gasteiger partial charge in [0.15, 0.2) is 5.82 Å². The van der Waals surface area contributed by atoms with E-state index in [2.05, 4.69) is 25.0 Å². The fraction of sp³-hybridized carbons (Fsp3) is 0.333. The van der Waals surface area contributed by atoms with Gasteiger partial charge in [-0.2, -0.15) is 28.6 Å². The summed E-state index contributed by atoms with van der Waals surface area (Å²) in [4.78, 5) is 25.2. The average Bonchev–Trinajstić information content (AvgIpc) is 3.31. The molecule has 3 saturated carbocycles. The fourth-order valence-electron chi connectivity index (χ4n) is 4.70. The van der Waals surface area contributed by atoms with Crippen molar-refractivity contribution in [2.45, 2.75) is 42.8 Å². The van der Waals surface area contributed by atoms with Crippen molar-refractivity contribution in [1.82, 2.24) is 29.4 Å². The molecule has 0 radical (unpaired) electrons.